The highest BCUT2D eigenvalue weighted by Gasteiger charge is 2.42. The fourth-order valence-electron chi connectivity index (χ4n) is 3.68. The van der Waals surface area contributed by atoms with Gasteiger partial charge < -0.3 is 10.1 Å². The fourth-order valence-corrected chi connectivity index (χ4v) is 3.68. The van der Waals surface area contributed by atoms with Crippen molar-refractivity contribution in [1.29, 1.82) is 0 Å². The summed E-state index contributed by atoms with van der Waals surface area (Å²) in [6, 6.07) is 0.763. The van der Waals surface area contributed by atoms with Crippen molar-refractivity contribution in [3.05, 3.63) is 0 Å². The number of rotatable bonds is 4. The van der Waals surface area contributed by atoms with Crippen LogP contribution in [0.2, 0.25) is 0 Å². The van der Waals surface area contributed by atoms with Crippen LogP contribution >= 0.6 is 0 Å². The molecule has 3 aliphatic rings. The zero-order valence-corrected chi connectivity index (χ0v) is 12.7. The summed E-state index contributed by atoms with van der Waals surface area (Å²) < 4.78 is 5.51. The Bertz CT molecular complexity index is 299. The lowest BCUT2D eigenvalue weighted by atomic mass is 9.88. The van der Waals surface area contributed by atoms with Crippen LogP contribution in [0.25, 0.3) is 0 Å². The van der Waals surface area contributed by atoms with Gasteiger partial charge in [-0.3, -0.25) is 4.90 Å². The van der Waals surface area contributed by atoms with Crippen LogP contribution in [-0.4, -0.2) is 49.3 Å². The molecule has 1 saturated carbocycles. The van der Waals surface area contributed by atoms with Crippen molar-refractivity contribution in [2.75, 3.05) is 32.8 Å². The molecule has 0 aromatic carbocycles. The third-order valence-corrected chi connectivity index (χ3v) is 5.70. The number of ether oxygens (including phenoxy) is 1. The summed E-state index contributed by atoms with van der Waals surface area (Å²) >= 11 is 0. The van der Waals surface area contributed by atoms with E-state index in [1.165, 1.54) is 51.7 Å². The molecule has 110 valence electrons. The molecule has 0 amide bonds. The average molecular weight is 266 g/mol. The number of nitrogens with zero attached hydrogens (tertiary/aromatic N) is 1. The topological polar surface area (TPSA) is 24.5 Å². The van der Waals surface area contributed by atoms with Gasteiger partial charge in [0.1, 0.15) is 0 Å². The van der Waals surface area contributed by atoms with Gasteiger partial charge in [0.25, 0.3) is 0 Å². The predicted molar refractivity (Wildman–Crippen MR) is 78.3 cm³/mol. The number of hydrogen-bond donors (Lipinski definition) is 1. The molecule has 1 N–H and O–H groups in total. The summed E-state index contributed by atoms with van der Waals surface area (Å²) in [6.45, 7) is 10.5. The third-order valence-electron chi connectivity index (χ3n) is 5.70. The Labute approximate surface area is 118 Å². The molecule has 2 unspecified atom stereocenters. The Morgan fingerprint density at radius 3 is 2.58 bits per heavy atom. The maximum atomic E-state index is 5.51. The van der Waals surface area contributed by atoms with Crippen LogP contribution in [0.1, 0.15) is 46.0 Å². The highest BCUT2D eigenvalue weighted by atomic mass is 16.5. The van der Waals surface area contributed by atoms with Crippen LogP contribution < -0.4 is 5.32 Å². The molecule has 0 bridgehead atoms. The van der Waals surface area contributed by atoms with E-state index in [-0.39, 0.29) is 0 Å². The van der Waals surface area contributed by atoms with Crippen molar-refractivity contribution in [3.8, 4) is 0 Å². The molecule has 1 aliphatic carbocycles. The maximum absolute atomic E-state index is 5.51. The van der Waals surface area contributed by atoms with Crippen molar-refractivity contribution in [2.24, 2.45) is 11.8 Å². The zero-order chi connectivity index (χ0) is 13.3. The highest BCUT2D eigenvalue weighted by Crippen LogP contribution is 2.37. The summed E-state index contributed by atoms with van der Waals surface area (Å²) in [5, 5.41) is 3.82. The molecular weight excluding hydrogens is 236 g/mol. The third kappa shape index (κ3) is 3.14. The lowest BCUT2D eigenvalue weighted by Gasteiger charge is -2.49. The molecular formula is C16H30N2O. The summed E-state index contributed by atoms with van der Waals surface area (Å²) in [7, 11) is 0. The normalized spacial score (nSPS) is 38.5. The van der Waals surface area contributed by atoms with Crippen LogP contribution in [0.15, 0.2) is 0 Å². The summed E-state index contributed by atoms with van der Waals surface area (Å²) in [5.41, 5.74) is 0.365. The van der Waals surface area contributed by atoms with Gasteiger partial charge in [-0.25, -0.2) is 0 Å². The molecule has 3 rings (SSSR count). The Hall–Kier alpha value is -0.120. The molecule has 0 spiro atoms. The van der Waals surface area contributed by atoms with E-state index >= 15 is 0 Å². The van der Waals surface area contributed by atoms with E-state index in [9.17, 15) is 0 Å². The fraction of sp³-hybridized carbons (Fsp3) is 1.00. The molecule has 19 heavy (non-hydrogen) atoms. The molecule has 2 saturated heterocycles. The van der Waals surface area contributed by atoms with Gasteiger partial charge in [-0.1, -0.05) is 6.92 Å². The van der Waals surface area contributed by atoms with Gasteiger partial charge >= 0.3 is 0 Å². The first-order valence-electron chi connectivity index (χ1n) is 8.27. The lowest BCUT2D eigenvalue weighted by Crippen LogP contribution is -2.64. The first-order chi connectivity index (χ1) is 9.21. The van der Waals surface area contributed by atoms with Crippen molar-refractivity contribution in [2.45, 2.75) is 57.5 Å². The Kier molecular flexibility index (Phi) is 4.16. The van der Waals surface area contributed by atoms with Crippen LogP contribution in [0.3, 0.4) is 0 Å². The van der Waals surface area contributed by atoms with Gasteiger partial charge in [-0.15, -0.1) is 0 Å². The van der Waals surface area contributed by atoms with Gasteiger partial charge in [0.05, 0.1) is 0 Å². The van der Waals surface area contributed by atoms with Gasteiger partial charge in [-0.2, -0.15) is 0 Å². The van der Waals surface area contributed by atoms with E-state index in [4.69, 9.17) is 4.74 Å². The minimum atomic E-state index is 0.365. The van der Waals surface area contributed by atoms with Crippen LogP contribution in [-0.2, 0) is 4.74 Å². The van der Waals surface area contributed by atoms with Gasteiger partial charge in [-0.05, 0) is 50.9 Å². The molecule has 3 nitrogen and oxygen atoms in total. The molecule has 0 aromatic rings. The van der Waals surface area contributed by atoms with Crippen molar-refractivity contribution >= 4 is 0 Å². The second kappa shape index (κ2) is 5.71. The Balaban J connectivity index is 1.62. The van der Waals surface area contributed by atoms with Crippen molar-refractivity contribution < 1.29 is 4.74 Å². The summed E-state index contributed by atoms with van der Waals surface area (Å²) in [5.74, 6) is 1.83. The van der Waals surface area contributed by atoms with Gasteiger partial charge in [0.2, 0.25) is 0 Å². The number of hydrogen-bond acceptors (Lipinski definition) is 3. The monoisotopic (exact) mass is 266 g/mol. The van der Waals surface area contributed by atoms with Gasteiger partial charge in [0.15, 0.2) is 0 Å². The average Bonchev–Trinajstić information content (AvgIpc) is 3.27. The maximum Gasteiger partial charge on any atom is 0.0469 e. The highest BCUT2D eigenvalue weighted by molar-refractivity contribution is 5.00. The Morgan fingerprint density at radius 2 is 1.95 bits per heavy atom. The van der Waals surface area contributed by atoms with E-state index in [1.54, 1.807) is 0 Å². The first kappa shape index (κ1) is 13.8. The Morgan fingerprint density at radius 1 is 1.21 bits per heavy atom. The zero-order valence-electron chi connectivity index (χ0n) is 12.7. The standard InChI is InChI=1S/C16H30N2O/c1-3-16(2)12-17-15(14-4-5-14)11-18(16)10-13-6-8-19-9-7-13/h13-15,17H,3-12H2,1-2H3. The van der Waals surface area contributed by atoms with E-state index in [0.29, 0.717) is 5.54 Å². The first-order valence-corrected chi connectivity index (χ1v) is 8.27. The van der Waals surface area contributed by atoms with Gasteiger partial charge in [0, 0.05) is 44.4 Å². The van der Waals surface area contributed by atoms with Crippen LogP contribution in [0.4, 0.5) is 0 Å². The number of nitrogens with one attached hydrogen (secondary N) is 1. The molecule has 0 aromatic heterocycles. The molecule has 2 heterocycles. The molecule has 3 heteroatoms. The van der Waals surface area contributed by atoms with E-state index in [0.717, 1.165) is 31.1 Å². The van der Waals surface area contributed by atoms with Crippen molar-refractivity contribution in [1.82, 2.24) is 10.2 Å². The second-order valence-corrected chi connectivity index (χ2v) is 7.14. The summed E-state index contributed by atoms with van der Waals surface area (Å²) in [4.78, 5) is 2.81. The van der Waals surface area contributed by atoms with Crippen LogP contribution in [0, 0.1) is 11.8 Å². The largest absolute Gasteiger partial charge is 0.381 e. The summed E-state index contributed by atoms with van der Waals surface area (Å²) in [6.07, 6.45) is 6.67. The van der Waals surface area contributed by atoms with E-state index < -0.39 is 0 Å². The number of piperazine rings is 1. The van der Waals surface area contributed by atoms with Crippen molar-refractivity contribution in [3.63, 3.8) is 0 Å². The molecule has 2 aliphatic heterocycles. The molecule has 3 fully saturated rings. The quantitative estimate of drug-likeness (QED) is 0.845. The molecule has 0 radical (unpaired) electrons. The predicted octanol–water partition coefficient (Wildman–Crippen LogP) is 2.27. The van der Waals surface area contributed by atoms with E-state index in [1.807, 2.05) is 0 Å². The second-order valence-electron chi connectivity index (χ2n) is 7.14. The smallest absolute Gasteiger partial charge is 0.0469 e. The van der Waals surface area contributed by atoms with E-state index in [2.05, 4.69) is 24.1 Å². The molecule has 2 atom stereocenters. The lowest BCUT2D eigenvalue weighted by molar-refractivity contribution is 0.00123. The minimum Gasteiger partial charge on any atom is -0.381 e. The SMILES string of the molecule is CCC1(C)CNC(C2CC2)CN1CC1CCOCC1. The minimum absolute atomic E-state index is 0.365. The van der Waals surface area contributed by atoms with Crippen LogP contribution in [0.5, 0.6) is 0 Å².